The summed E-state index contributed by atoms with van der Waals surface area (Å²) in [5.74, 6) is -0.982. The number of pyridine rings is 1. The predicted octanol–water partition coefficient (Wildman–Crippen LogP) is 2.82. The topological polar surface area (TPSA) is 91.3 Å². The Hall–Kier alpha value is -2.80. The number of benzene rings is 1. The molecule has 1 aliphatic rings. The van der Waals surface area contributed by atoms with E-state index in [0.29, 0.717) is 23.2 Å². The van der Waals surface area contributed by atoms with Crippen LogP contribution in [0.15, 0.2) is 42.6 Å². The van der Waals surface area contributed by atoms with Gasteiger partial charge in [-0.25, -0.2) is 4.39 Å². The van der Waals surface area contributed by atoms with E-state index >= 15 is 0 Å². The van der Waals surface area contributed by atoms with Crippen LogP contribution in [0.1, 0.15) is 49.9 Å². The lowest BCUT2D eigenvalue weighted by Gasteiger charge is -2.31. The Kier molecular flexibility index (Phi) is 6.27. The van der Waals surface area contributed by atoms with Crippen molar-refractivity contribution in [3.05, 3.63) is 54.0 Å². The van der Waals surface area contributed by atoms with Gasteiger partial charge in [-0.05, 0) is 63.8 Å². The molecule has 29 heavy (non-hydrogen) atoms. The van der Waals surface area contributed by atoms with Crippen molar-refractivity contribution >= 4 is 11.8 Å². The molecule has 0 radical (unpaired) electrons. The smallest absolute Gasteiger partial charge is 0.253 e. The SMILES string of the molecule is CC(C)(O)C(=O)N[C@H]1CCCC(NC(=O)c2ccc(-c3cccc(F)c3)nc2)C1. The first-order chi connectivity index (χ1) is 13.7. The Morgan fingerprint density at radius 3 is 2.48 bits per heavy atom. The number of nitrogens with one attached hydrogen (secondary N) is 2. The maximum absolute atomic E-state index is 13.4. The standard InChI is InChI=1S/C22H26FN3O3/c1-22(2,29)21(28)26-18-8-4-7-17(12-18)25-20(27)15-9-10-19(24-13-15)14-5-3-6-16(23)11-14/h3,5-6,9-11,13,17-18,29H,4,7-8,12H2,1-2H3,(H,25,27)(H,26,28)/t17?,18-/m0/s1. The van der Waals surface area contributed by atoms with Crippen LogP contribution in [0.3, 0.4) is 0 Å². The Morgan fingerprint density at radius 1 is 1.14 bits per heavy atom. The van der Waals surface area contributed by atoms with E-state index in [2.05, 4.69) is 15.6 Å². The van der Waals surface area contributed by atoms with E-state index < -0.39 is 11.5 Å². The van der Waals surface area contributed by atoms with Crippen LogP contribution in [0.4, 0.5) is 4.39 Å². The van der Waals surface area contributed by atoms with E-state index in [9.17, 15) is 19.1 Å². The number of hydrogen-bond acceptors (Lipinski definition) is 4. The number of aliphatic hydroxyl groups is 1. The van der Waals surface area contributed by atoms with Crippen LogP contribution < -0.4 is 10.6 Å². The number of hydrogen-bond donors (Lipinski definition) is 3. The molecule has 1 aromatic heterocycles. The quantitative estimate of drug-likeness (QED) is 0.721. The lowest BCUT2D eigenvalue weighted by molar-refractivity contribution is -0.137. The van der Waals surface area contributed by atoms with E-state index in [-0.39, 0.29) is 23.8 Å². The summed E-state index contributed by atoms with van der Waals surface area (Å²) in [5.41, 5.74) is 0.237. The number of halogens is 1. The first-order valence-corrected chi connectivity index (χ1v) is 9.78. The average molecular weight is 399 g/mol. The van der Waals surface area contributed by atoms with Crippen LogP contribution in [-0.4, -0.2) is 39.6 Å². The Morgan fingerprint density at radius 2 is 1.86 bits per heavy atom. The van der Waals surface area contributed by atoms with Crippen molar-refractivity contribution in [3.8, 4) is 11.3 Å². The summed E-state index contributed by atoms with van der Waals surface area (Å²) in [6.07, 6.45) is 4.61. The van der Waals surface area contributed by atoms with Crippen LogP contribution in [0.25, 0.3) is 11.3 Å². The molecule has 2 atom stereocenters. The minimum atomic E-state index is -1.43. The van der Waals surface area contributed by atoms with Gasteiger partial charge in [-0.3, -0.25) is 14.6 Å². The number of carbonyl (C=O) groups excluding carboxylic acids is 2. The molecule has 2 aromatic rings. The lowest BCUT2D eigenvalue weighted by Crippen LogP contribution is -2.50. The number of carbonyl (C=O) groups is 2. The fraction of sp³-hybridized carbons (Fsp3) is 0.409. The van der Waals surface area contributed by atoms with Crippen molar-refractivity contribution in [2.75, 3.05) is 0 Å². The molecule has 1 heterocycles. The minimum Gasteiger partial charge on any atom is -0.381 e. The van der Waals surface area contributed by atoms with Gasteiger partial charge in [0, 0.05) is 23.8 Å². The van der Waals surface area contributed by atoms with Crippen LogP contribution in [0, 0.1) is 5.82 Å². The molecule has 1 fully saturated rings. The molecule has 6 nitrogen and oxygen atoms in total. The van der Waals surface area contributed by atoms with E-state index in [0.717, 1.165) is 19.3 Å². The zero-order chi connectivity index (χ0) is 21.0. The highest BCUT2D eigenvalue weighted by atomic mass is 19.1. The maximum atomic E-state index is 13.4. The van der Waals surface area contributed by atoms with Gasteiger partial charge in [-0.15, -0.1) is 0 Å². The molecule has 3 rings (SSSR count). The third-order valence-corrected chi connectivity index (χ3v) is 5.05. The molecule has 0 bridgehead atoms. The summed E-state index contributed by atoms with van der Waals surface area (Å²) in [4.78, 5) is 28.8. The summed E-state index contributed by atoms with van der Waals surface area (Å²) < 4.78 is 13.4. The predicted molar refractivity (Wildman–Crippen MR) is 108 cm³/mol. The second-order valence-corrected chi connectivity index (χ2v) is 8.01. The first-order valence-electron chi connectivity index (χ1n) is 9.78. The van der Waals surface area contributed by atoms with Crippen LogP contribution >= 0.6 is 0 Å². The molecule has 0 saturated heterocycles. The van der Waals surface area contributed by atoms with E-state index in [1.165, 1.54) is 32.2 Å². The summed E-state index contributed by atoms with van der Waals surface area (Å²) in [7, 11) is 0. The van der Waals surface area contributed by atoms with Gasteiger partial charge in [-0.2, -0.15) is 0 Å². The third kappa shape index (κ3) is 5.60. The molecule has 7 heteroatoms. The summed E-state index contributed by atoms with van der Waals surface area (Å²) in [6.45, 7) is 2.90. The van der Waals surface area contributed by atoms with Gasteiger partial charge in [0.25, 0.3) is 11.8 Å². The van der Waals surface area contributed by atoms with Crippen molar-refractivity contribution in [1.29, 1.82) is 0 Å². The summed E-state index contributed by atoms with van der Waals surface area (Å²) >= 11 is 0. The number of aromatic nitrogens is 1. The first kappa shape index (κ1) is 20.9. The fourth-order valence-corrected chi connectivity index (χ4v) is 3.43. The minimum absolute atomic E-state index is 0.0637. The van der Waals surface area contributed by atoms with Crippen molar-refractivity contribution in [1.82, 2.24) is 15.6 Å². The molecule has 1 aromatic carbocycles. The zero-order valence-corrected chi connectivity index (χ0v) is 16.6. The molecular formula is C22H26FN3O3. The number of amides is 2. The molecule has 0 aliphatic heterocycles. The second kappa shape index (κ2) is 8.69. The Balaban J connectivity index is 1.59. The van der Waals surface area contributed by atoms with Crippen molar-refractivity contribution in [2.24, 2.45) is 0 Å². The molecule has 2 amide bonds. The largest absolute Gasteiger partial charge is 0.381 e. The molecule has 1 aliphatic carbocycles. The van der Waals surface area contributed by atoms with Gasteiger partial charge in [0.2, 0.25) is 0 Å². The van der Waals surface area contributed by atoms with E-state index in [1.807, 2.05) is 0 Å². The van der Waals surface area contributed by atoms with Gasteiger partial charge in [0.15, 0.2) is 0 Å². The highest BCUT2D eigenvalue weighted by molar-refractivity contribution is 5.94. The fourth-order valence-electron chi connectivity index (χ4n) is 3.43. The molecule has 0 spiro atoms. The molecule has 3 N–H and O–H groups in total. The summed E-state index contributed by atoms with van der Waals surface area (Å²) in [6, 6.07) is 9.35. The number of rotatable bonds is 5. The number of nitrogens with zero attached hydrogens (tertiary/aromatic N) is 1. The Bertz CT molecular complexity index is 878. The Labute approximate surface area is 169 Å². The summed E-state index contributed by atoms with van der Waals surface area (Å²) in [5, 5.41) is 15.6. The lowest BCUT2D eigenvalue weighted by atomic mass is 9.90. The third-order valence-electron chi connectivity index (χ3n) is 5.05. The molecular weight excluding hydrogens is 373 g/mol. The van der Waals surface area contributed by atoms with Crippen molar-refractivity contribution in [3.63, 3.8) is 0 Å². The van der Waals surface area contributed by atoms with Gasteiger partial charge in [0.1, 0.15) is 11.4 Å². The van der Waals surface area contributed by atoms with Gasteiger partial charge in [-0.1, -0.05) is 12.1 Å². The van der Waals surface area contributed by atoms with Crippen LogP contribution in [0.5, 0.6) is 0 Å². The highest BCUT2D eigenvalue weighted by Crippen LogP contribution is 2.21. The van der Waals surface area contributed by atoms with Crippen LogP contribution in [-0.2, 0) is 4.79 Å². The zero-order valence-electron chi connectivity index (χ0n) is 16.6. The van der Waals surface area contributed by atoms with Crippen LogP contribution in [0.2, 0.25) is 0 Å². The normalized spacial score (nSPS) is 19.4. The van der Waals surface area contributed by atoms with Crippen molar-refractivity contribution in [2.45, 2.75) is 57.2 Å². The monoisotopic (exact) mass is 399 g/mol. The molecule has 1 saturated carbocycles. The van der Waals surface area contributed by atoms with Gasteiger partial charge < -0.3 is 15.7 Å². The molecule has 1 unspecified atom stereocenters. The van der Waals surface area contributed by atoms with Gasteiger partial charge >= 0.3 is 0 Å². The van der Waals surface area contributed by atoms with E-state index in [4.69, 9.17) is 0 Å². The van der Waals surface area contributed by atoms with Gasteiger partial charge in [0.05, 0.1) is 11.3 Å². The van der Waals surface area contributed by atoms with E-state index in [1.54, 1.807) is 24.3 Å². The van der Waals surface area contributed by atoms with Crippen molar-refractivity contribution < 1.29 is 19.1 Å². The highest BCUT2D eigenvalue weighted by Gasteiger charge is 2.29. The molecule has 154 valence electrons. The maximum Gasteiger partial charge on any atom is 0.253 e. The second-order valence-electron chi connectivity index (χ2n) is 8.01. The average Bonchev–Trinajstić information content (AvgIpc) is 2.67.